The Hall–Kier alpha value is -8.29. The minimum absolute atomic E-state index is 0.0972. The molecule has 0 unspecified atom stereocenters. The van der Waals surface area contributed by atoms with Gasteiger partial charge in [-0.05, 0) is 173 Å². The maximum absolute atomic E-state index is 12.6. The predicted molar refractivity (Wildman–Crippen MR) is 352 cm³/mol. The summed E-state index contributed by atoms with van der Waals surface area (Å²) in [6, 6.07) is 63.3. The zero-order valence-corrected chi connectivity index (χ0v) is 51.6. The first kappa shape index (κ1) is 74.7. The van der Waals surface area contributed by atoms with Crippen LogP contribution in [0.5, 0.6) is 0 Å². The second-order valence-corrected chi connectivity index (χ2v) is 18.8. The number of benzene rings is 9. The minimum Gasteiger partial charge on any atom is -0.207 e. The number of rotatable bonds is 12. The van der Waals surface area contributed by atoms with Gasteiger partial charge >= 0.3 is 0 Å². The smallest absolute Gasteiger partial charge is 0.159 e. The molecule has 0 aromatic heterocycles. The van der Waals surface area contributed by atoms with E-state index in [-0.39, 0.29) is 17.5 Å². The van der Waals surface area contributed by atoms with Crippen LogP contribution < -0.4 is 0 Å². The summed E-state index contributed by atoms with van der Waals surface area (Å²) in [4.78, 5) is 0. The molecule has 0 aliphatic heterocycles. The van der Waals surface area contributed by atoms with Crippen molar-refractivity contribution in [2.45, 2.75) is 120 Å². The first-order valence-electron chi connectivity index (χ1n) is 29.3. The van der Waals surface area contributed by atoms with Gasteiger partial charge in [0.15, 0.2) is 11.6 Å². The minimum atomic E-state index is -0.780. The van der Waals surface area contributed by atoms with Gasteiger partial charge in [0.2, 0.25) is 0 Å². The molecule has 7 heteroatoms. The van der Waals surface area contributed by atoms with Crippen LogP contribution in [0.3, 0.4) is 0 Å². The van der Waals surface area contributed by atoms with E-state index in [9.17, 15) is 30.7 Å². The average molecular weight is 1160 g/mol. The molecule has 0 aliphatic carbocycles. The van der Waals surface area contributed by atoms with Crippen molar-refractivity contribution >= 4 is 18.2 Å². The molecule has 0 nitrogen and oxygen atoms in total. The number of hydrogen-bond acceptors (Lipinski definition) is 0. The highest BCUT2D eigenvalue weighted by atomic mass is 19.2. The van der Waals surface area contributed by atoms with Crippen molar-refractivity contribution in [2.24, 2.45) is 0 Å². The Morgan fingerprint density at radius 1 is 0.247 bits per heavy atom. The molecule has 0 saturated heterocycles. The molecule has 9 aromatic carbocycles. The highest BCUT2D eigenvalue weighted by Gasteiger charge is 2.01. The van der Waals surface area contributed by atoms with E-state index < -0.39 is 23.3 Å². The quantitative estimate of drug-likeness (QED) is 0.107. The summed E-state index contributed by atoms with van der Waals surface area (Å²) in [5, 5.41) is 0. The van der Waals surface area contributed by atoms with Crippen LogP contribution in [0.2, 0.25) is 0 Å². The molecule has 0 heterocycles. The lowest BCUT2D eigenvalue weighted by atomic mass is 10.1. The first-order chi connectivity index (χ1) is 41.0. The molecule has 0 N–H and O–H groups in total. The summed E-state index contributed by atoms with van der Waals surface area (Å²) < 4.78 is 86.7. The first-order valence-corrected chi connectivity index (χ1v) is 29.3. The topological polar surface area (TPSA) is 0 Å². The zero-order valence-electron chi connectivity index (χ0n) is 51.6. The summed E-state index contributed by atoms with van der Waals surface area (Å²) in [6.45, 7) is 29.5. The van der Waals surface area contributed by atoms with E-state index in [1.54, 1.807) is 42.5 Å². The van der Waals surface area contributed by atoms with E-state index in [2.05, 4.69) is 138 Å². The molecule has 9 rings (SSSR count). The van der Waals surface area contributed by atoms with Crippen molar-refractivity contribution in [3.63, 3.8) is 0 Å². The summed E-state index contributed by atoms with van der Waals surface area (Å²) in [7, 11) is 0. The fourth-order valence-corrected chi connectivity index (χ4v) is 7.43. The van der Waals surface area contributed by atoms with Gasteiger partial charge in [-0.15, -0.1) is 0 Å². The third-order valence-electron chi connectivity index (χ3n) is 12.9. The molecule has 9 aromatic rings. The van der Waals surface area contributed by atoms with Crippen LogP contribution in [-0.2, 0) is 57.8 Å². The standard InChI is InChI=1S/3C10H12.2C8H8F2.3C8H9F.C8H10/c1-3-9-5-7-10(4-2)8-6-9;1-3-9-6-5-7-10(4-2)8-9;1-3-9-7-5-6-8-10(9)4-2;1-2-6-3-4-7(9)5-8(6)10;1-2-6-3-4-7(9)8(10)5-6;1-2-7-3-5-8(9)6-4-7;1-2-7-4-3-5-8(9)6-7;1-2-7-5-3-4-6-8(7)9;1-2-8-6-4-3-5-7-8/h3*3,5-8H,1,4H2,2H3;2*3-5H,2H2,1H3;3*3-6H,2H2,1H3;3-7H,2H2,1H3. The van der Waals surface area contributed by atoms with Crippen LogP contribution >= 0.6 is 0 Å². The second-order valence-electron chi connectivity index (χ2n) is 18.8. The number of hydrogen-bond donors (Lipinski definition) is 0. The van der Waals surface area contributed by atoms with Crippen LogP contribution in [0.4, 0.5) is 30.7 Å². The van der Waals surface area contributed by atoms with Gasteiger partial charge in [-0.3, -0.25) is 0 Å². The monoisotopic (exact) mass is 1160 g/mol. The molecule has 0 bridgehead atoms. The summed E-state index contributed by atoms with van der Waals surface area (Å²) in [5.74, 6) is -2.92. The van der Waals surface area contributed by atoms with Gasteiger partial charge in [0.05, 0.1) is 0 Å². The highest BCUT2D eigenvalue weighted by molar-refractivity contribution is 5.51. The van der Waals surface area contributed by atoms with Crippen LogP contribution in [-0.4, -0.2) is 0 Å². The molecular weight excluding hydrogens is 1070 g/mol. The summed E-state index contributed by atoms with van der Waals surface area (Å²) in [6.07, 6.45) is 14.0. The van der Waals surface area contributed by atoms with Crippen molar-refractivity contribution in [1.82, 2.24) is 0 Å². The van der Waals surface area contributed by atoms with Crippen molar-refractivity contribution in [3.05, 3.63) is 340 Å². The Morgan fingerprint density at radius 3 is 1.09 bits per heavy atom. The van der Waals surface area contributed by atoms with E-state index in [1.807, 2.05) is 77.1 Å². The van der Waals surface area contributed by atoms with Crippen molar-refractivity contribution < 1.29 is 30.7 Å². The van der Waals surface area contributed by atoms with E-state index in [0.717, 1.165) is 80.2 Å². The van der Waals surface area contributed by atoms with Gasteiger partial charge in [0.1, 0.15) is 29.1 Å². The normalized spacial score (nSPS) is 9.51. The highest BCUT2D eigenvalue weighted by Crippen LogP contribution is 2.13. The molecular formula is C78H89F7. The maximum atomic E-state index is 12.6. The maximum Gasteiger partial charge on any atom is 0.159 e. The van der Waals surface area contributed by atoms with Crippen molar-refractivity contribution in [3.8, 4) is 0 Å². The summed E-state index contributed by atoms with van der Waals surface area (Å²) >= 11 is 0. The Morgan fingerprint density at radius 2 is 0.659 bits per heavy atom. The predicted octanol–water partition coefficient (Wildman–Crippen LogP) is 23.1. The molecule has 0 spiro atoms. The molecule has 0 radical (unpaired) electrons. The van der Waals surface area contributed by atoms with E-state index >= 15 is 0 Å². The van der Waals surface area contributed by atoms with Gasteiger partial charge in [-0.25, -0.2) is 30.7 Å². The number of aryl methyl sites for hydroxylation is 9. The van der Waals surface area contributed by atoms with Crippen LogP contribution in [0, 0.1) is 40.7 Å². The fraction of sp³-hybridized carbons (Fsp3) is 0.231. The number of halogens is 7. The van der Waals surface area contributed by atoms with Gasteiger partial charge in [0.25, 0.3) is 0 Å². The molecule has 450 valence electrons. The van der Waals surface area contributed by atoms with Gasteiger partial charge < -0.3 is 0 Å². The van der Waals surface area contributed by atoms with Crippen molar-refractivity contribution in [2.75, 3.05) is 0 Å². The molecule has 0 aliphatic rings. The van der Waals surface area contributed by atoms with E-state index in [0.29, 0.717) is 12.0 Å². The Bertz CT molecular complexity index is 3200. The van der Waals surface area contributed by atoms with Gasteiger partial charge in [-0.1, -0.05) is 258 Å². The third-order valence-corrected chi connectivity index (χ3v) is 12.9. The zero-order chi connectivity index (χ0) is 63.2. The molecule has 0 atom stereocenters. The lowest BCUT2D eigenvalue weighted by Gasteiger charge is -1.99. The summed E-state index contributed by atoms with van der Waals surface area (Å²) in [5.41, 5.74) is 13.6. The third kappa shape index (κ3) is 33.0. The van der Waals surface area contributed by atoms with E-state index in [1.165, 1.54) is 87.0 Å². The lowest BCUT2D eigenvalue weighted by Crippen LogP contribution is -1.87. The van der Waals surface area contributed by atoms with Crippen molar-refractivity contribution in [1.29, 1.82) is 0 Å². The molecule has 0 saturated carbocycles. The van der Waals surface area contributed by atoms with Crippen LogP contribution in [0.25, 0.3) is 18.2 Å². The van der Waals surface area contributed by atoms with Crippen LogP contribution in [0.15, 0.2) is 232 Å². The van der Waals surface area contributed by atoms with Gasteiger partial charge in [0, 0.05) is 6.07 Å². The molecule has 0 amide bonds. The SMILES string of the molecule is C=Cc1ccc(CC)cc1.C=Cc1cccc(CC)c1.C=Cc1ccccc1CC.CCc1ccc(F)c(F)c1.CCc1ccc(F)cc1.CCc1ccc(F)cc1F.CCc1cccc(F)c1.CCc1ccccc1.CCc1ccccc1F. The largest absolute Gasteiger partial charge is 0.207 e. The average Bonchev–Trinajstić information content (AvgIpc) is 3.57. The lowest BCUT2D eigenvalue weighted by molar-refractivity contribution is 0.507. The van der Waals surface area contributed by atoms with Gasteiger partial charge in [-0.2, -0.15) is 0 Å². The molecule has 85 heavy (non-hydrogen) atoms. The Balaban J connectivity index is 0.000000478. The Kier molecular flexibility index (Phi) is 40.6. The Labute approximate surface area is 506 Å². The fourth-order valence-electron chi connectivity index (χ4n) is 7.43. The molecule has 0 fully saturated rings. The van der Waals surface area contributed by atoms with E-state index in [4.69, 9.17) is 0 Å². The second kappa shape index (κ2) is 46.1. The van der Waals surface area contributed by atoms with Crippen LogP contribution in [0.1, 0.15) is 129 Å².